The van der Waals surface area contributed by atoms with Crippen molar-refractivity contribution in [3.63, 3.8) is 0 Å². The first-order chi connectivity index (χ1) is 11.7. The van der Waals surface area contributed by atoms with Crippen molar-refractivity contribution in [3.8, 4) is 11.4 Å². The van der Waals surface area contributed by atoms with Crippen LogP contribution in [-0.4, -0.2) is 48.0 Å². The van der Waals surface area contributed by atoms with Crippen LogP contribution in [0.25, 0.3) is 5.69 Å². The third kappa shape index (κ3) is 3.60. The minimum absolute atomic E-state index is 0.0663. The number of hydrogen-bond acceptors (Lipinski definition) is 4. The number of nitrogens with zero attached hydrogens (tertiary/aromatic N) is 2. The van der Waals surface area contributed by atoms with Crippen LogP contribution in [0.4, 0.5) is 0 Å². The predicted molar refractivity (Wildman–Crippen MR) is 95.7 cm³/mol. The Labute approximate surface area is 146 Å². The lowest BCUT2D eigenvalue weighted by Crippen LogP contribution is -2.31. The van der Waals surface area contributed by atoms with Crippen molar-refractivity contribution in [2.45, 2.75) is 12.3 Å². The van der Waals surface area contributed by atoms with Crippen molar-refractivity contribution in [2.75, 3.05) is 32.6 Å². The van der Waals surface area contributed by atoms with E-state index < -0.39 is 0 Å². The molecule has 1 fully saturated rings. The molecule has 0 N–H and O–H groups in total. The summed E-state index contributed by atoms with van der Waals surface area (Å²) in [4.78, 5) is 14.0. The van der Waals surface area contributed by atoms with E-state index in [2.05, 4.69) is 16.8 Å². The summed E-state index contributed by atoms with van der Waals surface area (Å²) in [7, 11) is 1.66. The first-order valence-electron chi connectivity index (χ1n) is 8.04. The lowest BCUT2D eigenvalue weighted by atomic mass is 10.3. The number of hydrogen-bond donors (Lipinski definition) is 0. The summed E-state index contributed by atoms with van der Waals surface area (Å²) in [5.74, 6) is 1.58. The van der Waals surface area contributed by atoms with E-state index in [0.717, 1.165) is 17.0 Å². The van der Waals surface area contributed by atoms with Crippen molar-refractivity contribution in [2.24, 2.45) is 0 Å². The average Bonchev–Trinajstić information content (AvgIpc) is 3.21. The Hall–Kier alpha value is -1.92. The lowest BCUT2D eigenvalue weighted by Gasteiger charge is -2.22. The standard InChI is InChI=1S/C18H22N2O3S/c1-3-23-16-6-4-15(5-7-16)19-9-8-14(12-19)18-20(10-11-22-2)17(21)13-24-18/h4-9,12,18H,3,10-11,13H2,1-2H3/t18-/m0/s1. The van der Waals surface area contributed by atoms with E-state index >= 15 is 0 Å². The van der Waals surface area contributed by atoms with Gasteiger partial charge in [-0.25, -0.2) is 0 Å². The molecule has 0 bridgehead atoms. The predicted octanol–water partition coefficient (Wildman–Crippen LogP) is 3.10. The Balaban J connectivity index is 1.76. The second-order valence-corrected chi connectivity index (χ2v) is 6.59. The van der Waals surface area contributed by atoms with Crippen molar-refractivity contribution >= 4 is 17.7 Å². The molecular formula is C18H22N2O3S. The van der Waals surface area contributed by atoms with E-state index in [0.29, 0.717) is 25.5 Å². The minimum Gasteiger partial charge on any atom is -0.494 e. The smallest absolute Gasteiger partial charge is 0.233 e. The minimum atomic E-state index is 0.0663. The number of aromatic nitrogens is 1. The summed E-state index contributed by atoms with van der Waals surface area (Å²) in [6.07, 6.45) is 4.12. The van der Waals surface area contributed by atoms with Crippen LogP contribution in [0.15, 0.2) is 42.7 Å². The first-order valence-corrected chi connectivity index (χ1v) is 9.09. The van der Waals surface area contributed by atoms with Gasteiger partial charge in [0.2, 0.25) is 5.91 Å². The Bertz CT molecular complexity index is 684. The van der Waals surface area contributed by atoms with Crippen LogP contribution in [0, 0.1) is 0 Å². The van der Waals surface area contributed by atoms with Gasteiger partial charge in [0, 0.05) is 37.3 Å². The molecule has 1 aromatic heterocycles. The summed E-state index contributed by atoms with van der Waals surface area (Å²) in [5.41, 5.74) is 2.21. The number of thioether (sulfide) groups is 1. The molecule has 1 aliphatic heterocycles. The van der Waals surface area contributed by atoms with E-state index in [1.165, 1.54) is 0 Å². The largest absolute Gasteiger partial charge is 0.494 e. The number of carbonyl (C=O) groups is 1. The molecule has 3 rings (SSSR count). The van der Waals surface area contributed by atoms with Gasteiger partial charge in [-0.2, -0.15) is 0 Å². The highest BCUT2D eigenvalue weighted by Gasteiger charge is 2.32. The zero-order valence-corrected chi connectivity index (χ0v) is 14.8. The second kappa shape index (κ2) is 7.77. The van der Waals surface area contributed by atoms with Crippen molar-refractivity contribution in [3.05, 3.63) is 48.3 Å². The molecule has 5 nitrogen and oxygen atoms in total. The van der Waals surface area contributed by atoms with Gasteiger partial charge in [-0.05, 0) is 37.3 Å². The van der Waals surface area contributed by atoms with Crippen LogP contribution in [0.3, 0.4) is 0 Å². The normalized spacial score (nSPS) is 17.5. The molecule has 0 spiro atoms. The van der Waals surface area contributed by atoms with Crippen LogP contribution < -0.4 is 4.74 Å². The number of amides is 1. The number of methoxy groups -OCH3 is 1. The maximum Gasteiger partial charge on any atom is 0.233 e. The summed E-state index contributed by atoms with van der Waals surface area (Å²) < 4.78 is 12.7. The van der Waals surface area contributed by atoms with E-state index in [-0.39, 0.29) is 11.3 Å². The summed E-state index contributed by atoms with van der Waals surface area (Å²) in [6, 6.07) is 10.1. The summed E-state index contributed by atoms with van der Waals surface area (Å²) >= 11 is 1.67. The van der Waals surface area contributed by atoms with Gasteiger partial charge >= 0.3 is 0 Å². The van der Waals surface area contributed by atoms with Crippen LogP contribution in [0.1, 0.15) is 17.9 Å². The maximum atomic E-state index is 12.1. The fourth-order valence-corrected chi connectivity index (χ4v) is 3.96. The highest BCUT2D eigenvalue weighted by molar-refractivity contribution is 8.00. The van der Waals surface area contributed by atoms with Crippen molar-refractivity contribution < 1.29 is 14.3 Å². The molecule has 6 heteroatoms. The molecule has 128 valence electrons. The molecule has 0 saturated carbocycles. The van der Waals surface area contributed by atoms with Gasteiger partial charge in [-0.3, -0.25) is 4.79 Å². The third-order valence-corrected chi connectivity index (χ3v) is 5.21. The van der Waals surface area contributed by atoms with Gasteiger partial charge in [0.15, 0.2) is 0 Å². The fraction of sp³-hybridized carbons (Fsp3) is 0.389. The lowest BCUT2D eigenvalue weighted by molar-refractivity contribution is -0.128. The third-order valence-electron chi connectivity index (χ3n) is 3.95. The second-order valence-electron chi connectivity index (χ2n) is 5.52. The maximum absolute atomic E-state index is 12.1. The zero-order chi connectivity index (χ0) is 16.9. The molecule has 1 aliphatic rings. The molecule has 1 aromatic carbocycles. The molecule has 1 amide bonds. The van der Waals surface area contributed by atoms with Crippen molar-refractivity contribution in [1.82, 2.24) is 9.47 Å². The Morgan fingerprint density at radius 3 is 2.75 bits per heavy atom. The zero-order valence-electron chi connectivity index (χ0n) is 14.0. The van der Waals surface area contributed by atoms with Crippen LogP contribution >= 0.6 is 11.8 Å². The average molecular weight is 346 g/mol. The number of benzene rings is 1. The highest BCUT2D eigenvalue weighted by atomic mass is 32.2. The molecule has 1 atom stereocenters. The van der Waals surface area contributed by atoms with E-state index in [1.54, 1.807) is 18.9 Å². The highest BCUT2D eigenvalue weighted by Crippen LogP contribution is 2.38. The molecule has 0 unspecified atom stereocenters. The quantitative estimate of drug-likeness (QED) is 0.773. The van der Waals surface area contributed by atoms with E-state index in [9.17, 15) is 4.79 Å². The van der Waals surface area contributed by atoms with Crippen molar-refractivity contribution in [1.29, 1.82) is 0 Å². The molecule has 2 aromatic rings. The number of ether oxygens (including phenoxy) is 2. The summed E-state index contributed by atoms with van der Waals surface area (Å²) in [5, 5.41) is 0.0663. The summed E-state index contributed by atoms with van der Waals surface area (Å²) in [6.45, 7) is 3.82. The van der Waals surface area contributed by atoms with E-state index in [1.807, 2.05) is 42.3 Å². The van der Waals surface area contributed by atoms with Gasteiger partial charge in [-0.1, -0.05) is 0 Å². The molecule has 2 heterocycles. The Morgan fingerprint density at radius 2 is 2.04 bits per heavy atom. The topological polar surface area (TPSA) is 43.7 Å². The number of carbonyl (C=O) groups excluding carboxylic acids is 1. The molecule has 24 heavy (non-hydrogen) atoms. The fourth-order valence-electron chi connectivity index (χ4n) is 2.76. The van der Waals surface area contributed by atoms with Gasteiger partial charge in [-0.15, -0.1) is 11.8 Å². The number of rotatable bonds is 7. The molecule has 0 aliphatic carbocycles. The molecular weight excluding hydrogens is 324 g/mol. The molecule has 0 radical (unpaired) electrons. The monoisotopic (exact) mass is 346 g/mol. The van der Waals surface area contributed by atoms with Gasteiger partial charge in [0.1, 0.15) is 11.1 Å². The Morgan fingerprint density at radius 1 is 1.25 bits per heavy atom. The first kappa shape index (κ1) is 16.9. The van der Waals surface area contributed by atoms with Crippen LogP contribution in [0.2, 0.25) is 0 Å². The van der Waals surface area contributed by atoms with Gasteiger partial charge < -0.3 is 18.9 Å². The SMILES string of the molecule is CCOc1ccc(-n2ccc([C@@H]3SCC(=O)N3CCOC)c2)cc1. The van der Waals surface area contributed by atoms with Crippen LogP contribution in [-0.2, 0) is 9.53 Å². The molecule has 1 saturated heterocycles. The Kier molecular flexibility index (Phi) is 5.48. The van der Waals surface area contributed by atoms with Gasteiger partial charge in [0.05, 0.1) is 19.0 Å². The van der Waals surface area contributed by atoms with Gasteiger partial charge in [0.25, 0.3) is 0 Å². The van der Waals surface area contributed by atoms with E-state index in [4.69, 9.17) is 9.47 Å². The van der Waals surface area contributed by atoms with Crippen LogP contribution in [0.5, 0.6) is 5.75 Å².